The first kappa shape index (κ1) is 25.8. The number of ether oxygens (including phenoxy) is 1. The fraction of sp³-hybridized carbons (Fsp3) is 0.269. The molecule has 0 heterocycles. The van der Waals surface area contributed by atoms with E-state index >= 15 is 0 Å². The van der Waals surface area contributed by atoms with Crippen molar-refractivity contribution in [1.29, 1.82) is 0 Å². The quantitative estimate of drug-likeness (QED) is 0.200. The Kier molecular flexibility index (Phi) is 11.8. The third kappa shape index (κ3) is 8.61. The molecule has 0 aliphatic rings. The first-order chi connectivity index (χ1) is 15.3. The minimum atomic E-state index is 0. The first-order valence-corrected chi connectivity index (χ1v) is 10.6. The van der Waals surface area contributed by atoms with Gasteiger partial charge in [0.2, 0.25) is 0 Å². The Balaban J connectivity index is 0.00000363. The summed E-state index contributed by atoms with van der Waals surface area (Å²) in [5.74, 6) is 0.736. The molecule has 3 rings (SSSR count). The second-order valence-corrected chi connectivity index (χ2v) is 7.39. The molecule has 0 amide bonds. The van der Waals surface area contributed by atoms with Gasteiger partial charge in [0.1, 0.15) is 0 Å². The number of aliphatic hydroxyl groups is 1. The maximum atomic E-state index is 9.71. The number of benzene rings is 3. The molecule has 3 N–H and O–H groups in total. The average Bonchev–Trinajstić information content (AvgIpc) is 2.83. The molecule has 6 heteroatoms. The van der Waals surface area contributed by atoms with Gasteiger partial charge in [0.05, 0.1) is 19.8 Å². The molecule has 32 heavy (non-hydrogen) atoms. The average molecular weight is 545 g/mol. The molecule has 3 aromatic carbocycles. The zero-order valence-electron chi connectivity index (χ0n) is 18.4. The van der Waals surface area contributed by atoms with Gasteiger partial charge in [-0.3, -0.25) is 4.99 Å². The lowest BCUT2D eigenvalue weighted by atomic mass is 10.0. The monoisotopic (exact) mass is 545 g/mol. The van der Waals surface area contributed by atoms with Crippen molar-refractivity contribution in [2.24, 2.45) is 4.99 Å². The summed E-state index contributed by atoms with van der Waals surface area (Å²) in [6, 6.07) is 28.6. The first-order valence-electron chi connectivity index (χ1n) is 10.6. The molecular formula is C26H32IN3O2. The molecule has 0 aromatic heterocycles. The molecule has 1 atom stereocenters. The van der Waals surface area contributed by atoms with Crippen LogP contribution in [0.15, 0.2) is 89.9 Å². The van der Waals surface area contributed by atoms with Crippen molar-refractivity contribution in [2.45, 2.75) is 25.7 Å². The van der Waals surface area contributed by atoms with E-state index in [-0.39, 0.29) is 36.5 Å². The number of aliphatic imine (C=N–C) groups is 1. The number of nitrogens with zero attached hydrogens (tertiary/aromatic N) is 1. The molecule has 0 aliphatic heterocycles. The normalized spacial score (nSPS) is 12.0. The molecule has 0 bridgehead atoms. The van der Waals surface area contributed by atoms with Gasteiger partial charge in [-0.1, -0.05) is 84.9 Å². The molecule has 0 radical (unpaired) electrons. The minimum absolute atomic E-state index is 0. The fourth-order valence-corrected chi connectivity index (χ4v) is 3.25. The number of guanidine groups is 1. The molecule has 0 saturated heterocycles. The van der Waals surface area contributed by atoms with Crippen LogP contribution in [0.5, 0.6) is 0 Å². The number of hydrogen-bond acceptors (Lipinski definition) is 3. The smallest absolute Gasteiger partial charge is 0.191 e. The van der Waals surface area contributed by atoms with Crippen LogP contribution < -0.4 is 10.6 Å². The van der Waals surface area contributed by atoms with Crippen molar-refractivity contribution in [3.63, 3.8) is 0 Å². The van der Waals surface area contributed by atoms with Crippen LogP contribution in [0.25, 0.3) is 0 Å². The highest BCUT2D eigenvalue weighted by Crippen LogP contribution is 2.13. The second-order valence-electron chi connectivity index (χ2n) is 7.39. The van der Waals surface area contributed by atoms with Crippen LogP contribution >= 0.6 is 24.0 Å². The number of hydrogen-bond donors (Lipinski definition) is 3. The maximum Gasteiger partial charge on any atom is 0.191 e. The van der Waals surface area contributed by atoms with E-state index in [9.17, 15) is 5.11 Å². The predicted octanol–water partition coefficient (Wildman–Crippen LogP) is 4.46. The van der Waals surface area contributed by atoms with Gasteiger partial charge in [-0.05, 0) is 22.3 Å². The Morgan fingerprint density at radius 1 is 0.812 bits per heavy atom. The van der Waals surface area contributed by atoms with Crippen LogP contribution in [0, 0.1) is 0 Å². The predicted molar refractivity (Wildman–Crippen MR) is 141 cm³/mol. The van der Waals surface area contributed by atoms with Crippen LogP contribution in [0.1, 0.15) is 28.2 Å². The molecule has 1 unspecified atom stereocenters. The van der Waals surface area contributed by atoms with Gasteiger partial charge in [-0.25, -0.2) is 0 Å². The standard InChI is InChI=1S/C26H31N3O2.HI/c1-27-26(29-17-25(18-30)24-10-6-3-7-11-24)28-16-21-12-14-23(15-13-21)20-31-19-22-8-4-2-5-9-22;/h2-15,25,30H,16-20H2,1H3,(H2,27,28,29);1H. The Labute approximate surface area is 208 Å². The van der Waals surface area contributed by atoms with Gasteiger partial charge in [0, 0.05) is 26.1 Å². The Morgan fingerprint density at radius 3 is 1.97 bits per heavy atom. The van der Waals surface area contributed by atoms with E-state index in [0.29, 0.717) is 32.3 Å². The number of aliphatic hydroxyl groups excluding tert-OH is 1. The summed E-state index contributed by atoms with van der Waals surface area (Å²) in [6.45, 7) is 2.57. The lowest BCUT2D eigenvalue weighted by molar-refractivity contribution is 0.107. The van der Waals surface area contributed by atoms with Gasteiger partial charge in [0.25, 0.3) is 0 Å². The summed E-state index contributed by atoms with van der Waals surface area (Å²) in [5.41, 5.74) is 4.60. The Morgan fingerprint density at radius 2 is 1.38 bits per heavy atom. The third-order valence-electron chi connectivity index (χ3n) is 5.09. The SMILES string of the molecule is CN=C(NCc1ccc(COCc2ccccc2)cc1)NCC(CO)c1ccccc1.I. The van der Waals surface area contributed by atoms with Crippen LogP contribution in [-0.4, -0.2) is 31.3 Å². The van der Waals surface area contributed by atoms with E-state index in [1.165, 1.54) is 5.56 Å². The topological polar surface area (TPSA) is 65.9 Å². The fourth-order valence-electron chi connectivity index (χ4n) is 3.25. The number of nitrogens with one attached hydrogen (secondary N) is 2. The van der Waals surface area contributed by atoms with Crippen LogP contribution in [-0.2, 0) is 24.5 Å². The van der Waals surface area contributed by atoms with Crippen LogP contribution in [0.4, 0.5) is 0 Å². The second kappa shape index (κ2) is 14.6. The highest BCUT2D eigenvalue weighted by atomic mass is 127. The molecular weight excluding hydrogens is 513 g/mol. The molecule has 170 valence electrons. The van der Waals surface area contributed by atoms with Crippen molar-refractivity contribution < 1.29 is 9.84 Å². The highest BCUT2D eigenvalue weighted by molar-refractivity contribution is 14.0. The lowest BCUT2D eigenvalue weighted by Crippen LogP contribution is -2.39. The lowest BCUT2D eigenvalue weighted by Gasteiger charge is -2.18. The van der Waals surface area contributed by atoms with E-state index in [4.69, 9.17) is 4.74 Å². The van der Waals surface area contributed by atoms with Crippen molar-refractivity contribution in [2.75, 3.05) is 20.2 Å². The number of halogens is 1. The van der Waals surface area contributed by atoms with Crippen molar-refractivity contribution in [3.05, 3.63) is 107 Å². The summed E-state index contributed by atoms with van der Waals surface area (Å²) in [6.07, 6.45) is 0. The molecule has 5 nitrogen and oxygen atoms in total. The van der Waals surface area contributed by atoms with Gasteiger partial charge in [-0.2, -0.15) is 0 Å². The third-order valence-corrected chi connectivity index (χ3v) is 5.09. The zero-order valence-corrected chi connectivity index (χ0v) is 20.7. The van der Waals surface area contributed by atoms with Crippen LogP contribution in [0.2, 0.25) is 0 Å². The van der Waals surface area contributed by atoms with Crippen LogP contribution in [0.3, 0.4) is 0 Å². The Bertz CT molecular complexity index is 919. The van der Waals surface area contributed by atoms with Gasteiger partial charge in [0.15, 0.2) is 5.96 Å². The van der Waals surface area contributed by atoms with Crippen molar-refractivity contribution >= 4 is 29.9 Å². The molecule has 3 aromatic rings. The van der Waals surface area contributed by atoms with E-state index < -0.39 is 0 Å². The molecule has 0 fully saturated rings. The van der Waals surface area contributed by atoms with E-state index in [0.717, 1.165) is 16.7 Å². The molecule has 0 aliphatic carbocycles. The molecule has 0 spiro atoms. The molecule has 0 saturated carbocycles. The van der Waals surface area contributed by atoms with Crippen molar-refractivity contribution in [1.82, 2.24) is 10.6 Å². The van der Waals surface area contributed by atoms with E-state index in [2.05, 4.69) is 52.0 Å². The van der Waals surface area contributed by atoms with Crippen molar-refractivity contribution in [3.8, 4) is 0 Å². The Hall–Kier alpha value is -2.42. The minimum Gasteiger partial charge on any atom is -0.396 e. The maximum absolute atomic E-state index is 9.71. The number of rotatable bonds is 10. The van der Waals surface area contributed by atoms with Gasteiger partial charge in [-0.15, -0.1) is 24.0 Å². The van der Waals surface area contributed by atoms with E-state index in [1.54, 1.807) is 7.05 Å². The zero-order chi connectivity index (χ0) is 21.7. The van der Waals surface area contributed by atoms with Gasteiger partial charge >= 0.3 is 0 Å². The summed E-state index contributed by atoms with van der Waals surface area (Å²) >= 11 is 0. The largest absolute Gasteiger partial charge is 0.396 e. The summed E-state index contributed by atoms with van der Waals surface area (Å²) in [7, 11) is 1.75. The van der Waals surface area contributed by atoms with E-state index in [1.807, 2.05) is 48.5 Å². The summed E-state index contributed by atoms with van der Waals surface area (Å²) < 4.78 is 5.80. The van der Waals surface area contributed by atoms with Gasteiger partial charge < -0.3 is 20.5 Å². The summed E-state index contributed by atoms with van der Waals surface area (Å²) in [4.78, 5) is 4.28. The highest BCUT2D eigenvalue weighted by Gasteiger charge is 2.10. The summed E-state index contributed by atoms with van der Waals surface area (Å²) in [5, 5.41) is 16.3.